The first-order valence-electron chi connectivity index (χ1n) is 7.90. The summed E-state index contributed by atoms with van der Waals surface area (Å²) < 4.78 is 5.42. The normalized spacial score (nSPS) is 21.2. The maximum Gasteiger partial charge on any atom is 0.345 e. The summed E-state index contributed by atoms with van der Waals surface area (Å²) in [6.07, 6.45) is 2.38. The number of para-hydroxylation sites is 1. The fourth-order valence-corrected chi connectivity index (χ4v) is 4.35. The Morgan fingerprint density at radius 2 is 1.96 bits per heavy atom. The summed E-state index contributed by atoms with van der Waals surface area (Å²) in [6, 6.07) is 10.4. The number of benzene rings is 1. The van der Waals surface area contributed by atoms with Gasteiger partial charge in [0.05, 0.1) is 11.3 Å². The summed E-state index contributed by atoms with van der Waals surface area (Å²) in [7, 11) is 0. The number of aromatic nitrogens is 1. The second-order valence-electron chi connectivity index (χ2n) is 6.18. The summed E-state index contributed by atoms with van der Waals surface area (Å²) >= 11 is 1.60. The van der Waals surface area contributed by atoms with Gasteiger partial charge in [-0.2, -0.15) is 0 Å². The Labute approximate surface area is 138 Å². The van der Waals surface area contributed by atoms with Gasteiger partial charge in [0, 0.05) is 22.8 Å². The molecule has 5 heteroatoms. The number of anilines is 1. The lowest BCUT2D eigenvalue weighted by atomic mass is 10.1. The summed E-state index contributed by atoms with van der Waals surface area (Å²) in [6.45, 7) is 4.46. The first-order valence-corrected chi connectivity index (χ1v) is 8.78. The third kappa shape index (κ3) is 2.45. The molecule has 2 aromatic heterocycles. The number of rotatable bonds is 2. The Bertz CT molecular complexity index is 905. The molecule has 0 amide bonds. The van der Waals surface area contributed by atoms with E-state index in [1.54, 1.807) is 17.4 Å². The van der Waals surface area contributed by atoms with Crippen molar-refractivity contribution in [1.82, 2.24) is 4.98 Å². The van der Waals surface area contributed by atoms with E-state index in [4.69, 9.17) is 9.40 Å². The molecule has 3 heterocycles. The number of fused-ring (bicyclic) bond motifs is 1. The van der Waals surface area contributed by atoms with Crippen LogP contribution < -0.4 is 10.5 Å². The van der Waals surface area contributed by atoms with Crippen molar-refractivity contribution in [3.8, 4) is 11.3 Å². The van der Waals surface area contributed by atoms with Gasteiger partial charge >= 0.3 is 5.63 Å². The summed E-state index contributed by atoms with van der Waals surface area (Å²) in [5, 5.41) is 3.86. The zero-order valence-corrected chi connectivity index (χ0v) is 14.0. The lowest BCUT2D eigenvalue weighted by Gasteiger charge is -2.25. The lowest BCUT2D eigenvalue weighted by molar-refractivity contribution is 0.563. The van der Waals surface area contributed by atoms with Crippen LogP contribution in [0.2, 0.25) is 0 Å². The van der Waals surface area contributed by atoms with Gasteiger partial charge in [-0.15, -0.1) is 11.3 Å². The van der Waals surface area contributed by atoms with Gasteiger partial charge < -0.3 is 9.32 Å². The molecule has 3 aromatic rings. The lowest BCUT2D eigenvalue weighted by Crippen LogP contribution is -2.32. The van der Waals surface area contributed by atoms with E-state index in [1.165, 1.54) is 12.8 Å². The minimum Gasteiger partial charge on any atom is -0.422 e. The van der Waals surface area contributed by atoms with E-state index in [9.17, 15) is 4.79 Å². The molecule has 1 saturated heterocycles. The average molecular weight is 326 g/mol. The molecule has 0 saturated carbocycles. The molecular weight excluding hydrogens is 308 g/mol. The van der Waals surface area contributed by atoms with Crippen molar-refractivity contribution < 1.29 is 4.42 Å². The van der Waals surface area contributed by atoms with E-state index < -0.39 is 0 Å². The molecule has 4 rings (SSSR count). The highest BCUT2D eigenvalue weighted by molar-refractivity contribution is 7.14. The maximum absolute atomic E-state index is 12.3. The van der Waals surface area contributed by atoms with Crippen LogP contribution in [0.3, 0.4) is 0 Å². The summed E-state index contributed by atoms with van der Waals surface area (Å²) in [5.74, 6) is 0. The van der Waals surface area contributed by atoms with Crippen LogP contribution in [0.15, 0.2) is 44.9 Å². The van der Waals surface area contributed by atoms with Crippen LogP contribution in [0.5, 0.6) is 0 Å². The van der Waals surface area contributed by atoms with E-state index in [0.717, 1.165) is 10.5 Å². The number of thiazole rings is 1. The first-order chi connectivity index (χ1) is 11.1. The second kappa shape index (κ2) is 5.49. The van der Waals surface area contributed by atoms with Crippen LogP contribution in [0.1, 0.15) is 26.7 Å². The van der Waals surface area contributed by atoms with E-state index in [0.29, 0.717) is 28.9 Å². The van der Waals surface area contributed by atoms with Crippen molar-refractivity contribution in [2.75, 3.05) is 4.90 Å². The molecule has 0 aliphatic carbocycles. The minimum atomic E-state index is -0.330. The monoisotopic (exact) mass is 326 g/mol. The molecule has 0 radical (unpaired) electrons. The molecule has 0 spiro atoms. The van der Waals surface area contributed by atoms with E-state index >= 15 is 0 Å². The third-order valence-electron chi connectivity index (χ3n) is 4.58. The van der Waals surface area contributed by atoms with Gasteiger partial charge in [-0.1, -0.05) is 18.2 Å². The van der Waals surface area contributed by atoms with Gasteiger partial charge in [-0.25, -0.2) is 9.78 Å². The topological polar surface area (TPSA) is 46.3 Å². The van der Waals surface area contributed by atoms with Gasteiger partial charge in [0.2, 0.25) is 0 Å². The predicted octanol–water partition coefficient (Wildman–Crippen LogP) is 4.29. The Morgan fingerprint density at radius 3 is 2.74 bits per heavy atom. The highest BCUT2D eigenvalue weighted by atomic mass is 32.1. The van der Waals surface area contributed by atoms with Crippen LogP contribution in [-0.4, -0.2) is 17.1 Å². The maximum atomic E-state index is 12.3. The highest BCUT2D eigenvalue weighted by Gasteiger charge is 2.29. The van der Waals surface area contributed by atoms with Crippen LogP contribution in [0.4, 0.5) is 5.13 Å². The molecule has 1 aliphatic heterocycles. The zero-order valence-electron chi connectivity index (χ0n) is 13.2. The third-order valence-corrected chi connectivity index (χ3v) is 5.44. The van der Waals surface area contributed by atoms with Crippen molar-refractivity contribution in [3.63, 3.8) is 0 Å². The Morgan fingerprint density at radius 1 is 1.22 bits per heavy atom. The molecule has 1 fully saturated rings. The molecule has 0 bridgehead atoms. The van der Waals surface area contributed by atoms with Gasteiger partial charge in [-0.05, 0) is 38.8 Å². The fraction of sp³-hybridized carbons (Fsp3) is 0.333. The van der Waals surface area contributed by atoms with Crippen LogP contribution in [0.25, 0.3) is 22.2 Å². The molecule has 1 aliphatic rings. The zero-order chi connectivity index (χ0) is 16.0. The van der Waals surface area contributed by atoms with Crippen molar-refractivity contribution >= 4 is 27.4 Å². The average Bonchev–Trinajstić information content (AvgIpc) is 3.13. The smallest absolute Gasteiger partial charge is 0.345 e. The largest absolute Gasteiger partial charge is 0.422 e. The molecule has 2 atom stereocenters. The van der Waals surface area contributed by atoms with Crippen molar-refractivity contribution in [2.24, 2.45) is 0 Å². The van der Waals surface area contributed by atoms with Crippen LogP contribution in [0, 0.1) is 0 Å². The Kier molecular flexibility index (Phi) is 3.45. The van der Waals surface area contributed by atoms with Crippen molar-refractivity contribution in [2.45, 2.75) is 38.8 Å². The summed E-state index contributed by atoms with van der Waals surface area (Å²) in [5.41, 5.74) is 1.52. The Balaban J connectivity index is 1.77. The molecular formula is C18H18N2O2S. The SMILES string of the molecule is CC1CCC(C)N1c1nc(-c2cc3ccccc3oc2=O)cs1. The van der Waals surface area contributed by atoms with Gasteiger partial charge in [-0.3, -0.25) is 0 Å². The van der Waals surface area contributed by atoms with Crippen molar-refractivity contribution in [1.29, 1.82) is 0 Å². The van der Waals surface area contributed by atoms with E-state index in [1.807, 2.05) is 29.6 Å². The number of hydrogen-bond donors (Lipinski definition) is 0. The molecule has 1 aromatic carbocycles. The molecule has 23 heavy (non-hydrogen) atoms. The minimum absolute atomic E-state index is 0.330. The first kappa shape index (κ1) is 14.5. The quantitative estimate of drug-likeness (QED) is 0.659. The van der Waals surface area contributed by atoms with Crippen LogP contribution in [-0.2, 0) is 0 Å². The number of hydrogen-bond acceptors (Lipinski definition) is 5. The molecule has 118 valence electrons. The molecule has 2 unspecified atom stereocenters. The van der Waals surface area contributed by atoms with Crippen LogP contribution >= 0.6 is 11.3 Å². The van der Waals surface area contributed by atoms with Crippen molar-refractivity contribution in [3.05, 3.63) is 46.1 Å². The van der Waals surface area contributed by atoms with E-state index in [2.05, 4.69) is 18.7 Å². The van der Waals surface area contributed by atoms with Gasteiger partial charge in [0.25, 0.3) is 0 Å². The standard InChI is InChI=1S/C18H18N2O2S/c1-11-7-8-12(2)20(11)18-19-15(10-23-18)14-9-13-5-3-4-6-16(13)22-17(14)21/h3-6,9-12H,7-8H2,1-2H3. The second-order valence-corrected chi connectivity index (χ2v) is 7.02. The molecule has 4 nitrogen and oxygen atoms in total. The van der Waals surface area contributed by atoms with E-state index in [-0.39, 0.29) is 5.63 Å². The van der Waals surface area contributed by atoms with Gasteiger partial charge in [0.1, 0.15) is 5.58 Å². The highest BCUT2D eigenvalue weighted by Crippen LogP contribution is 2.34. The number of nitrogens with zero attached hydrogens (tertiary/aromatic N) is 2. The summed E-state index contributed by atoms with van der Waals surface area (Å²) in [4.78, 5) is 19.4. The Hall–Kier alpha value is -2.14. The molecule has 0 N–H and O–H groups in total. The van der Waals surface area contributed by atoms with Gasteiger partial charge in [0.15, 0.2) is 5.13 Å². The predicted molar refractivity (Wildman–Crippen MR) is 94.2 cm³/mol. The fourth-order valence-electron chi connectivity index (χ4n) is 3.32.